The van der Waals surface area contributed by atoms with E-state index in [1.54, 1.807) is 4.68 Å². The average molecular weight is 429 g/mol. The molecule has 4 N–H and O–H groups in total. The molecule has 2 aromatic rings. The molecule has 3 rings (SSSR count). The minimum atomic E-state index is -0.174. The zero-order chi connectivity index (χ0) is 22.5. The Hall–Kier alpha value is -3.21. The van der Waals surface area contributed by atoms with E-state index in [4.69, 9.17) is 10.9 Å². The highest BCUT2D eigenvalue weighted by molar-refractivity contribution is 5.95. The maximum Gasteiger partial charge on any atom is 0.208 e. The van der Waals surface area contributed by atoms with Crippen molar-refractivity contribution in [3.8, 4) is 0 Å². The maximum absolute atomic E-state index is 9.09. The lowest BCUT2D eigenvalue weighted by Gasteiger charge is -2.34. The summed E-state index contributed by atoms with van der Waals surface area (Å²) in [6.45, 7) is 7.15. The molecule has 0 amide bonds. The van der Waals surface area contributed by atoms with Crippen LogP contribution < -0.4 is 16.0 Å². The van der Waals surface area contributed by atoms with Gasteiger partial charge < -0.3 is 21.2 Å². The minimum absolute atomic E-state index is 0.106. The van der Waals surface area contributed by atoms with Crippen molar-refractivity contribution in [1.82, 2.24) is 24.6 Å². The molecule has 0 spiro atoms. The number of hydrogen-bond donors (Lipinski definition) is 3. The number of aliphatic imine (C=N–C) groups is 1. The highest BCUT2D eigenvalue weighted by Gasteiger charge is 2.27. The molecule has 0 aliphatic heterocycles. The zero-order valence-electron chi connectivity index (χ0n) is 18.7. The Labute approximate surface area is 182 Å². The van der Waals surface area contributed by atoms with Crippen molar-refractivity contribution in [2.24, 2.45) is 28.8 Å². The normalized spacial score (nSPS) is 15.6. The van der Waals surface area contributed by atoms with E-state index in [-0.39, 0.29) is 17.7 Å². The van der Waals surface area contributed by atoms with Crippen molar-refractivity contribution < 1.29 is 5.21 Å². The van der Waals surface area contributed by atoms with Gasteiger partial charge >= 0.3 is 0 Å². The van der Waals surface area contributed by atoms with Gasteiger partial charge in [-0.3, -0.25) is 9.58 Å². The summed E-state index contributed by atoms with van der Waals surface area (Å²) in [4.78, 5) is 17.2. The summed E-state index contributed by atoms with van der Waals surface area (Å²) in [5, 5.41) is 19.9. The molecule has 31 heavy (non-hydrogen) atoms. The summed E-state index contributed by atoms with van der Waals surface area (Å²) in [6, 6.07) is 0.224. The predicted octanol–water partition coefficient (Wildman–Crippen LogP) is 1.76. The number of aryl methyl sites for hydroxylation is 1. The largest absolute Gasteiger partial charge is 0.409 e. The summed E-state index contributed by atoms with van der Waals surface area (Å²) >= 11 is 0. The van der Waals surface area contributed by atoms with Crippen molar-refractivity contribution in [3.05, 3.63) is 23.8 Å². The number of oxime groups is 1. The maximum atomic E-state index is 9.09. The van der Waals surface area contributed by atoms with Crippen LogP contribution in [-0.2, 0) is 13.6 Å². The molecule has 1 fully saturated rings. The van der Waals surface area contributed by atoms with E-state index in [1.807, 2.05) is 38.4 Å². The first-order chi connectivity index (χ1) is 14.8. The van der Waals surface area contributed by atoms with Crippen LogP contribution >= 0.6 is 0 Å². The minimum Gasteiger partial charge on any atom is -0.409 e. The van der Waals surface area contributed by atoms with Crippen LogP contribution in [0.5, 0.6) is 0 Å². The van der Waals surface area contributed by atoms with Gasteiger partial charge in [0, 0.05) is 38.4 Å². The van der Waals surface area contributed by atoms with Crippen molar-refractivity contribution in [1.29, 1.82) is 0 Å². The molecule has 0 radical (unpaired) electrons. The Morgan fingerprint density at radius 1 is 1.42 bits per heavy atom. The quantitative estimate of drug-likeness (QED) is 0.171. The Morgan fingerprint density at radius 3 is 2.71 bits per heavy atom. The third kappa shape index (κ3) is 5.29. The lowest BCUT2D eigenvalue weighted by molar-refractivity contribution is 0.285. The van der Waals surface area contributed by atoms with E-state index >= 15 is 0 Å². The fourth-order valence-electron chi connectivity index (χ4n) is 3.79. The number of amidine groups is 1. The third-order valence-electron chi connectivity index (χ3n) is 5.62. The molecule has 2 heterocycles. The van der Waals surface area contributed by atoms with Crippen molar-refractivity contribution in [2.75, 3.05) is 31.0 Å². The molecule has 2 aromatic heterocycles. The van der Waals surface area contributed by atoms with Gasteiger partial charge in [0.1, 0.15) is 5.69 Å². The Bertz CT molecular complexity index is 936. The van der Waals surface area contributed by atoms with Crippen LogP contribution in [0.15, 0.2) is 22.5 Å². The molecule has 11 heteroatoms. The Morgan fingerprint density at radius 2 is 2.16 bits per heavy atom. The van der Waals surface area contributed by atoms with Crippen molar-refractivity contribution >= 4 is 29.9 Å². The standard InChI is InChI=1S/C20H32N10O/c1-13(15-7-6-8-15)24-19-16(18(22-2)25-20(26-19)17(21)27-31)29(4)12-28(3)10-14-9-23-30(5)11-14/h9,11,13,15,31H,2,6-8,10,12H2,1,3-5H3,(H2,21,27)(H,24,25,26). The second kappa shape index (κ2) is 9.73. The fraction of sp³-hybridized carbons (Fsp3) is 0.550. The highest BCUT2D eigenvalue weighted by atomic mass is 16.4. The van der Waals surface area contributed by atoms with Gasteiger partial charge in [-0.2, -0.15) is 5.10 Å². The zero-order valence-corrected chi connectivity index (χ0v) is 18.7. The number of aromatic nitrogens is 4. The SMILES string of the molecule is C=Nc1nc(/C(N)=N/O)nc(NC(C)C2CCC2)c1N(C)CN(C)Cc1cnn(C)c1. The number of rotatable bonds is 10. The average Bonchev–Trinajstić information content (AvgIpc) is 3.09. The molecule has 0 bridgehead atoms. The monoisotopic (exact) mass is 428 g/mol. The molecule has 1 saturated carbocycles. The number of nitrogens with zero attached hydrogens (tertiary/aromatic N) is 8. The molecule has 0 aromatic carbocycles. The first-order valence-corrected chi connectivity index (χ1v) is 10.3. The van der Waals surface area contributed by atoms with Crippen LogP contribution in [0.3, 0.4) is 0 Å². The lowest BCUT2D eigenvalue weighted by Crippen LogP contribution is -2.35. The summed E-state index contributed by atoms with van der Waals surface area (Å²) in [5.41, 5.74) is 7.60. The van der Waals surface area contributed by atoms with Gasteiger partial charge in [0.2, 0.25) is 11.7 Å². The van der Waals surface area contributed by atoms with Crippen LogP contribution in [-0.4, -0.2) is 69.2 Å². The molecule has 1 aliphatic rings. The molecule has 11 nitrogen and oxygen atoms in total. The van der Waals surface area contributed by atoms with E-state index in [2.05, 4.69) is 49.1 Å². The highest BCUT2D eigenvalue weighted by Crippen LogP contribution is 2.36. The van der Waals surface area contributed by atoms with E-state index < -0.39 is 0 Å². The smallest absolute Gasteiger partial charge is 0.208 e. The summed E-state index contributed by atoms with van der Waals surface area (Å²) in [7, 11) is 5.88. The Kier molecular flexibility index (Phi) is 7.06. The predicted molar refractivity (Wildman–Crippen MR) is 122 cm³/mol. The fourth-order valence-corrected chi connectivity index (χ4v) is 3.79. The second-order valence-corrected chi connectivity index (χ2v) is 8.21. The number of hydrogen-bond acceptors (Lipinski definition) is 9. The van der Waals surface area contributed by atoms with Crippen LogP contribution in [0.2, 0.25) is 0 Å². The van der Waals surface area contributed by atoms with Gasteiger partial charge in [-0.05, 0) is 39.4 Å². The van der Waals surface area contributed by atoms with Crippen LogP contribution in [0.4, 0.5) is 17.3 Å². The first kappa shape index (κ1) is 22.5. The second-order valence-electron chi connectivity index (χ2n) is 8.21. The van der Waals surface area contributed by atoms with Gasteiger partial charge in [-0.25, -0.2) is 15.0 Å². The van der Waals surface area contributed by atoms with Crippen molar-refractivity contribution in [2.45, 2.75) is 38.8 Å². The number of nitrogens with two attached hydrogens (primary N) is 1. The summed E-state index contributed by atoms with van der Waals surface area (Å²) in [5.74, 6) is 1.49. The first-order valence-electron chi connectivity index (χ1n) is 10.3. The van der Waals surface area contributed by atoms with Crippen molar-refractivity contribution in [3.63, 3.8) is 0 Å². The van der Waals surface area contributed by atoms with E-state index in [9.17, 15) is 0 Å². The number of nitrogens with one attached hydrogen (secondary N) is 1. The third-order valence-corrected chi connectivity index (χ3v) is 5.62. The van der Waals surface area contributed by atoms with Gasteiger partial charge in [-0.1, -0.05) is 11.6 Å². The topological polar surface area (TPSA) is 133 Å². The van der Waals surface area contributed by atoms with E-state index in [1.165, 1.54) is 19.3 Å². The van der Waals surface area contributed by atoms with Gasteiger partial charge in [0.05, 0.1) is 12.9 Å². The molecular weight excluding hydrogens is 396 g/mol. The van der Waals surface area contributed by atoms with Gasteiger partial charge in [0.15, 0.2) is 11.6 Å². The van der Waals surface area contributed by atoms with Crippen LogP contribution in [0.1, 0.15) is 37.6 Å². The van der Waals surface area contributed by atoms with Crippen LogP contribution in [0, 0.1) is 5.92 Å². The van der Waals surface area contributed by atoms with E-state index in [0.29, 0.717) is 29.9 Å². The number of anilines is 2. The summed E-state index contributed by atoms with van der Waals surface area (Å²) < 4.78 is 1.79. The molecule has 168 valence electrons. The molecule has 1 aliphatic carbocycles. The van der Waals surface area contributed by atoms with Gasteiger partial charge in [0.25, 0.3) is 0 Å². The lowest BCUT2D eigenvalue weighted by atomic mass is 9.80. The molecule has 0 saturated heterocycles. The van der Waals surface area contributed by atoms with Crippen LogP contribution in [0.25, 0.3) is 0 Å². The molecular formula is C20H32N10O. The molecule has 1 atom stereocenters. The van der Waals surface area contributed by atoms with E-state index in [0.717, 1.165) is 12.1 Å². The summed E-state index contributed by atoms with van der Waals surface area (Å²) in [6.07, 6.45) is 7.49. The Balaban J connectivity index is 1.88. The molecule has 1 unspecified atom stereocenters. The van der Waals surface area contributed by atoms with Gasteiger partial charge in [-0.15, -0.1) is 0 Å².